The lowest BCUT2D eigenvalue weighted by molar-refractivity contribution is -0.150. The van der Waals surface area contributed by atoms with E-state index in [0.717, 1.165) is 31.5 Å². The molecule has 1 saturated heterocycles. The van der Waals surface area contributed by atoms with Crippen molar-refractivity contribution in [3.8, 4) is 0 Å². The molecule has 1 aromatic heterocycles. The molecule has 23 heavy (non-hydrogen) atoms. The first-order valence-electron chi connectivity index (χ1n) is 9.00. The Morgan fingerprint density at radius 1 is 1.13 bits per heavy atom. The van der Waals surface area contributed by atoms with Crippen molar-refractivity contribution in [2.45, 2.75) is 76.0 Å². The van der Waals surface area contributed by atoms with Gasteiger partial charge in [-0.25, -0.2) is 4.68 Å². The fraction of sp³-hybridized carbons (Fsp3) is 0.875. The molecular formula is C16H25N5O2. The van der Waals surface area contributed by atoms with Gasteiger partial charge in [-0.15, -0.1) is 5.10 Å². The molecule has 2 aliphatic carbocycles. The van der Waals surface area contributed by atoms with Gasteiger partial charge in [0.05, 0.1) is 18.8 Å². The summed E-state index contributed by atoms with van der Waals surface area (Å²) in [5, 5.41) is 12.1. The van der Waals surface area contributed by atoms with Crippen molar-refractivity contribution in [2.75, 3.05) is 13.2 Å². The van der Waals surface area contributed by atoms with Gasteiger partial charge in [0, 0.05) is 12.5 Å². The first-order chi connectivity index (χ1) is 11.3. The molecule has 0 aromatic carbocycles. The van der Waals surface area contributed by atoms with Crippen LogP contribution in [0, 0.1) is 0 Å². The summed E-state index contributed by atoms with van der Waals surface area (Å²) in [5.74, 6) is 1.45. The van der Waals surface area contributed by atoms with Crippen LogP contribution in [0.15, 0.2) is 0 Å². The van der Waals surface area contributed by atoms with Gasteiger partial charge in [-0.3, -0.25) is 4.79 Å². The minimum absolute atomic E-state index is 0.136. The molecule has 0 N–H and O–H groups in total. The predicted octanol–water partition coefficient (Wildman–Crippen LogP) is 1.50. The lowest BCUT2D eigenvalue weighted by Gasteiger charge is -2.43. The number of nitrogens with zero attached hydrogens (tertiary/aromatic N) is 5. The molecule has 0 unspecified atom stereocenters. The van der Waals surface area contributed by atoms with Gasteiger partial charge in [0.15, 0.2) is 5.82 Å². The van der Waals surface area contributed by atoms with Crippen LogP contribution in [0.4, 0.5) is 0 Å². The Bertz CT molecular complexity index is 552. The highest BCUT2D eigenvalue weighted by Crippen LogP contribution is 2.33. The molecule has 2 atom stereocenters. The standard InChI is InChI=1S/C16H25N5O2/c22-15(20-9-10-23-14-8-4-3-7-13(14)20)11-21-16(17-18-19-21)12-5-1-2-6-12/h12-14H,1-11H2/t13-,14+/m1/s1. The van der Waals surface area contributed by atoms with Gasteiger partial charge in [-0.1, -0.05) is 25.7 Å². The molecule has 3 aliphatic rings. The maximum atomic E-state index is 12.8. The summed E-state index contributed by atoms with van der Waals surface area (Å²) < 4.78 is 7.59. The Labute approximate surface area is 136 Å². The second-order valence-corrected chi connectivity index (χ2v) is 7.02. The Hall–Kier alpha value is -1.50. The van der Waals surface area contributed by atoms with Crippen molar-refractivity contribution in [2.24, 2.45) is 0 Å². The molecule has 0 spiro atoms. The van der Waals surface area contributed by atoms with E-state index in [1.54, 1.807) is 4.68 Å². The molecule has 0 radical (unpaired) electrons. The quantitative estimate of drug-likeness (QED) is 0.844. The van der Waals surface area contributed by atoms with Gasteiger partial charge in [-0.2, -0.15) is 0 Å². The van der Waals surface area contributed by atoms with Crippen LogP contribution in [-0.2, 0) is 16.1 Å². The van der Waals surface area contributed by atoms with E-state index in [0.29, 0.717) is 19.1 Å². The number of morpholine rings is 1. The van der Waals surface area contributed by atoms with Gasteiger partial charge in [0.25, 0.3) is 0 Å². The number of ether oxygens (including phenoxy) is 1. The van der Waals surface area contributed by atoms with Crippen LogP contribution < -0.4 is 0 Å². The Morgan fingerprint density at radius 2 is 1.91 bits per heavy atom. The van der Waals surface area contributed by atoms with Gasteiger partial charge in [0.2, 0.25) is 5.91 Å². The summed E-state index contributed by atoms with van der Waals surface area (Å²) >= 11 is 0. The van der Waals surface area contributed by atoms with Crippen molar-refractivity contribution >= 4 is 5.91 Å². The van der Waals surface area contributed by atoms with E-state index in [-0.39, 0.29) is 24.6 Å². The van der Waals surface area contributed by atoms with Crippen LogP contribution in [0.5, 0.6) is 0 Å². The topological polar surface area (TPSA) is 73.1 Å². The molecule has 7 heteroatoms. The Kier molecular flexibility index (Phi) is 4.29. The fourth-order valence-electron chi connectivity index (χ4n) is 4.43. The zero-order valence-electron chi connectivity index (χ0n) is 13.6. The smallest absolute Gasteiger partial charge is 0.244 e. The second-order valence-electron chi connectivity index (χ2n) is 7.02. The van der Waals surface area contributed by atoms with Gasteiger partial charge >= 0.3 is 0 Å². The molecule has 2 saturated carbocycles. The molecule has 4 rings (SSSR count). The van der Waals surface area contributed by atoms with Crippen molar-refractivity contribution in [3.05, 3.63) is 5.82 Å². The van der Waals surface area contributed by atoms with E-state index in [9.17, 15) is 4.79 Å². The molecule has 1 aliphatic heterocycles. The fourth-order valence-corrected chi connectivity index (χ4v) is 4.43. The highest BCUT2D eigenvalue weighted by Gasteiger charge is 2.37. The first kappa shape index (κ1) is 15.1. The van der Waals surface area contributed by atoms with Crippen LogP contribution in [0.1, 0.15) is 63.1 Å². The second kappa shape index (κ2) is 6.55. The van der Waals surface area contributed by atoms with Gasteiger partial charge in [-0.05, 0) is 36.1 Å². The summed E-state index contributed by atoms with van der Waals surface area (Å²) in [6.45, 7) is 1.61. The number of hydrogen-bond acceptors (Lipinski definition) is 5. The van der Waals surface area contributed by atoms with Crippen LogP contribution in [0.2, 0.25) is 0 Å². The molecule has 126 valence electrons. The highest BCUT2D eigenvalue weighted by atomic mass is 16.5. The predicted molar refractivity (Wildman–Crippen MR) is 82.7 cm³/mol. The van der Waals surface area contributed by atoms with Gasteiger partial charge in [0.1, 0.15) is 6.54 Å². The summed E-state index contributed by atoms with van der Waals surface area (Å²) in [4.78, 5) is 14.9. The third-order valence-corrected chi connectivity index (χ3v) is 5.62. The maximum Gasteiger partial charge on any atom is 0.244 e. The van der Waals surface area contributed by atoms with E-state index in [1.807, 2.05) is 4.90 Å². The van der Waals surface area contributed by atoms with Crippen molar-refractivity contribution in [1.29, 1.82) is 0 Å². The number of fused-ring (bicyclic) bond motifs is 1. The first-order valence-corrected chi connectivity index (χ1v) is 9.00. The molecule has 0 bridgehead atoms. The van der Waals surface area contributed by atoms with E-state index >= 15 is 0 Å². The number of aromatic nitrogens is 4. The molecular weight excluding hydrogens is 294 g/mol. The molecule has 7 nitrogen and oxygen atoms in total. The third-order valence-electron chi connectivity index (χ3n) is 5.62. The average molecular weight is 319 g/mol. The summed E-state index contributed by atoms with van der Waals surface area (Å²) in [6.07, 6.45) is 9.50. The summed E-state index contributed by atoms with van der Waals surface area (Å²) in [6, 6.07) is 0.247. The van der Waals surface area contributed by atoms with Crippen LogP contribution in [-0.4, -0.2) is 56.3 Å². The van der Waals surface area contributed by atoms with E-state index < -0.39 is 0 Å². The summed E-state index contributed by atoms with van der Waals surface area (Å²) in [7, 11) is 0. The van der Waals surface area contributed by atoms with E-state index in [4.69, 9.17) is 4.74 Å². The summed E-state index contributed by atoms with van der Waals surface area (Å²) in [5.41, 5.74) is 0. The monoisotopic (exact) mass is 319 g/mol. The number of carbonyl (C=O) groups excluding carboxylic acids is 1. The molecule has 1 aromatic rings. The number of rotatable bonds is 3. The minimum atomic E-state index is 0.136. The SMILES string of the molecule is O=C(Cn1nnnc1C1CCCC1)N1CCO[C@H]2CCCC[C@H]21. The van der Waals surface area contributed by atoms with Crippen LogP contribution in [0.3, 0.4) is 0 Å². The number of amides is 1. The highest BCUT2D eigenvalue weighted by molar-refractivity contribution is 5.76. The number of hydrogen-bond donors (Lipinski definition) is 0. The van der Waals surface area contributed by atoms with Crippen molar-refractivity contribution in [3.63, 3.8) is 0 Å². The number of tetrazole rings is 1. The Balaban J connectivity index is 1.46. The third kappa shape index (κ3) is 2.98. The minimum Gasteiger partial charge on any atom is -0.374 e. The van der Waals surface area contributed by atoms with Crippen molar-refractivity contribution < 1.29 is 9.53 Å². The van der Waals surface area contributed by atoms with Gasteiger partial charge < -0.3 is 9.64 Å². The normalized spacial score (nSPS) is 28.8. The molecule has 3 fully saturated rings. The molecule has 2 heterocycles. The zero-order valence-corrected chi connectivity index (χ0v) is 13.6. The van der Waals surface area contributed by atoms with Crippen LogP contribution >= 0.6 is 0 Å². The number of carbonyl (C=O) groups is 1. The van der Waals surface area contributed by atoms with Crippen LogP contribution in [0.25, 0.3) is 0 Å². The maximum absolute atomic E-state index is 12.8. The molecule has 1 amide bonds. The lowest BCUT2D eigenvalue weighted by Crippen LogP contribution is -2.55. The lowest BCUT2D eigenvalue weighted by atomic mass is 9.90. The van der Waals surface area contributed by atoms with E-state index in [2.05, 4.69) is 15.5 Å². The zero-order chi connectivity index (χ0) is 15.6. The van der Waals surface area contributed by atoms with Crippen molar-refractivity contribution in [1.82, 2.24) is 25.1 Å². The largest absolute Gasteiger partial charge is 0.374 e. The average Bonchev–Trinajstić information content (AvgIpc) is 3.25. The van der Waals surface area contributed by atoms with E-state index in [1.165, 1.54) is 25.7 Å². The Morgan fingerprint density at radius 3 is 2.78 bits per heavy atom.